The highest BCUT2D eigenvalue weighted by Crippen LogP contribution is 2.44. The normalized spacial score (nSPS) is 22.7. The summed E-state index contributed by atoms with van der Waals surface area (Å²) >= 11 is 0. The van der Waals surface area contributed by atoms with E-state index in [0.717, 1.165) is 99.4 Å². The molecule has 1 aliphatic carbocycles. The molecule has 4 heterocycles. The Morgan fingerprint density at radius 3 is 2.51 bits per heavy atom. The molecule has 0 bridgehead atoms. The average molecular weight is 475 g/mol. The molecule has 2 aromatic heterocycles. The van der Waals surface area contributed by atoms with Crippen molar-refractivity contribution in [3.8, 4) is 5.75 Å². The molecule has 2 aliphatic heterocycles. The lowest BCUT2D eigenvalue weighted by molar-refractivity contribution is -0.138. The SMILES string of the molecule is COc1ccc(C2(C(=O)N3CCC(n4c(C5CCCO5)nc5cccnc54)CC3)CCCC2)cc1. The largest absolute Gasteiger partial charge is 0.497 e. The van der Waals surface area contributed by atoms with E-state index < -0.39 is 5.41 Å². The number of piperidine rings is 1. The smallest absolute Gasteiger partial charge is 0.233 e. The molecule has 1 saturated carbocycles. The molecule has 2 saturated heterocycles. The average Bonchev–Trinajstić information content (AvgIpc) is 3.68. The first-order chi connectivity index (χ1) is 17.2. The summed E-state index contributed by atoms with van der Waals surface area (Å²) < 4.78 is 13.7. The molecule has 0 radical (unpaired) electrons. The molecule has 6 rings (SSSR count). The summed E-state index contributed by atoms with van der Waals surface area (Å²) in [5.41, 5.74) is 2.60. The van der Waals surface area contributed by atoms with Crippen molar-refractivity contribution in [1.29, 1.82) is 0 Å². The first-order valence-electron chi connectivity index (χ1n) is 13.1. The minimum absolute atomic E-state index is 0.0423. The maximum atomic E-state index is 14.0. The Morgan fingerprint density at radius 2 is 1.83 bits per heavy atom. The van der Waals surface area contributed by atoms with Gasteiger partial charge in [-0.05, 0) is 68.4 Å². The predicted molar refractivity (Wildman–Crippen MR) is 133 cm³/mol. The lowest BCUT2D eigenvalue weighted by Gasteiger charge is -2.39. The number of methoxy groups -OCH3 is 1. The van der Waals surface area contributed by atoms with Gasteiger partial charge in [0, 0.05) is 31.9 Å². The van der Waals surface area contributed by atoms with Crippen LogP contribution in [0.5, 0.6) is 5.75 Å². The van der Waals surface area contributed by atoms with E-state index in [9.17, 15) is 4.79 Å². The van der Waals surface area contributed by atoms with Gasteiger partial charge in [0.15, 0.2) is 5.65 Å². The van der Waals surface area contributed by atoms with Gasteiger partial charge in [-0.3, -0.25) is 4.79 Å². The van der Waals surface area contributed by atoms with E-state index in [1.807, 2.05) is 30.5 Å². The number of carbonyl (C=O) groups is 1. The molecule has 1 unspecified atom stereocenters. The maximum absolute atomic E-state index is 14.0. The lowest BCUT2D eigenvalue weighted by atomic mass is 9.77. The summed E-state index contributed by atoms with van der Waals surface area (Å²) in [6.07, 6.45) is 9.84. The molecule has 3 fully saturated rings. The third-order valence-corrected chi connectivity index (χ3v) is 8.32. The third-order valence-electron chi connectivity index (χ3n) is 8.32. The van der Waals surface area contributed by atoms with Gasteiger partial charge in [0.1, 0.15) is 23.2 Å². The van der Waals surface area contributed by atoms with Gasteiger partial charge in [-0.2, -0.15) is 0 Å². The molecule has 1 aromatic carbocycles. The fourth-order valence-corrected chi connectivity index (χ4v) is 6.46. The van der Waals surface area contributed by atoms with Crippen LogP contribution in [0.3, 0.4) is 0 Å². The van der Waals surface area contributed by atoms with Crippen LogP contribution in [0.1, 0.15) is 74.9 Å². The van der Waals surface area contributed by atoms with Crippen LogP contribution >= 0.6 is 0 Å². The van der Waals surface area contributed by atoms with E-state index in [0.29, 0.717) is 5.91 Å². The minimum Gasteiger partial charge on any atom is -0.497 e. The standard InChI is InChI=1S/C28H34N4O3/c1-34-22-10-8-20(9-11-22)28(14-2-3-15-28)27(33)31-17-12-21(13-18-31)32-25-23(6-4-16-29-25)30-26(32)24-7-5-19-35-24/h4,6,8-11,16,21,24H,2-3,5,7,12-15,17-19H2,1H3. The van der Waals surface area contributed by atoms with E-state index in [1.165, 1.54) is 0 Å². The topological polar surface area (TPSA) is 69.5 Å². The first kappa shape index (κ1) is 22.5. The summed E-state index contributed by atoms with van der Waals surface area (Å²) in [4.78, 5) is 25.7. The Bertz CT molecular complexity index is 1180. The Morgan fingerprint density at radius 1 is 1.06 bits per heavy atom. The Balaban J connectivity index is 1.24. The van der Waals surface area contributed by atoms with Crippen LogP contribution in [0.15, 0.2) is 42.6 Å². The number of carbonyl (C=O) groups excluding carboxylic acids is 1. The summed E-state index contributed by atoms with van der Waals surface area (Å²) in [5.74, 6) is 2.14. The van der Waals surface area contributed by atoms with E-state index in [-0.39, 0.29) is 12.1 Å². The third kappa shape index (κ3) is 3.90. The van der Waals surface area contributed by atoms with E-state index in [4.69, 9.17) is 14.5 Å². The fraction of sp³-hybridized carbons (Fsp3) is 0.536. The maximum Gasteiger partial charge on any atom is 0.233 e. The highest BCUT2D eigenvalue weighted by molar-refractivity contribution is 5.89. The van der Waals surface area contributed by atoms with Crippen molar-refractivity contribution in [3.63, 3.8) is 0 Å². The van der Waals surface area contributed by atoms with E-state index in [1.54, 1.807) is 7.11 Å². The molecule has 0 N–H and O–H groups in total. The summed E-state index contributed by atoms with van der Waals surface area (Å²) in [6.45, 7) is 2.32. The zero-order chi connectivity index (χ0) is 23.8. The molecule has 35 heavy (non-hydrogen) atoms. The van der Waals surface area contributed by atoms with Crippen molar-refractivity contribution in [2.45, 2.75) is 68.9 Å². The zero-order valence-corrected chi connectivity index (χ0v) is 20.5. The van der Waals surface area contributed by atoms with Gasteiger partial charge in [0.2, 0.25) is 5.91 Å². The number of imidazole rings is 1. The van der Waals surface area contributed by atoms with Gasteiger partial charge < -0.3 is 18.9 Å². The summed E-state index contributed by atoms with van der Waals surface area (Å²) in [5, 5.41) is 0. The van der Waals surface area contributed by atoms with Gasteiger partial charge in [-0.25, -0.2) is 9.97 Å². The Labute approximate surface area is 206 Å². The molecule has 7 heteroatoms. The number of pyridine rings is 1. The molecule has 1 amide bonds. The number of hydrogen-bond donors (Lipinski definition) is 0. The molecule has 0 spiro atoms. The monoisotopic (exact) mass is 474 g/mol. The number of rotatable bonds is 5. The van der Waals surface area contributed by atoms with Gasteiger partial charge in [-0.1, -0.05) is 25.0 Å². The van der Waals surface area contributed by atoms with E-state index in [2.05, 4.69) is 26.6 Å². The molecule has 3 aromatic rings. The number of nitrogens with zero attached hydrogens (tertiary/aromatic N) is 4. The summed E-state index contributed by atoms with van der Waals surface area (Å²) in [6, 6.07) is 12.4. The second-order valence-electron chi connectivity index (χ2n) is 10.2. The van der Waals surface area contributed by atoms with Crippen LogP contribution in [0.2, 0.25) is 0 Å². The number of fused-ring (bicyclic) bond motifs is 1. The first-order valence-corrected chi connectivity index (χ1v) is 13.1. The number of hydrogen-bond acceptors (Lipinski definition) is 5. The van der Waals surface area contributed by atoms with Gasteiger partial charge >= 0.3 is 0 Å². The van der Waals surface area contributed by atoms with Crippen LogP contribution in [0.25, 0.3) is 11.2 Å². The van der Waals surface area contributed by atoms with Crippen molar-refractivity contribution < 1.29 is 14.3 Å². The van der Waals surface area contributed by atoms with Crippen molar-refractivity contribution in [1.82, 2.24) is 19.4 Å². The molecular weight excluding hydrogens is 440 g/mol. The van der Waals surface area contributed by atoms with Crippen molar-refractivity contribution >= 4 is 17.1 Å². The minimum atomic E-state index is -0.398. The highest BCUT2D eigenvalue weighted by atomic mass is 16.5. The summed E-state index contributed by atoms with van der Waals surface area (Å²) in [7, 11) is 1.68. The lowest BCUT2D eigenvalue weighted by Crippen LogP contribution is -2.48. The molecule has 3 aliphatic rings. The van der Waals surface area contributed by atoms with Gasteiger partial charge in [0.25, 0.3) is 0 Å². The quantitative estimate of drug-likeness (QED) is 0.522. The number of aromatic nitrogens is 3. The number of amides is 1. The van der Waals surface area contributed by atoms with E-state index >= 15 is 0 Å². The molecular formula is C28H34N4O3. The van der Waals surface area contributed by atoms with Crippen LogP contribution in [-0.4, -0.2) is 52.1 Å². The zero-order valence-electron chi connectivity index (χ0n) is 20.5. The van der Waals surface area contributed by atoms with Crippen molar-refractivity contribution in [2.24, 2.45) is 0 Å². The van der Waals surface area contributed by atoms with Crippen LogP contribution in [-0.2, 0) is 14.9 Å². The molecule has 184 valence electrons. The number of ether oxygens (including phenoxy) is 2. The fourth-order valence-electron chi connectivity index (χ4n) is 6.46. The van der Waals surface area contributed by atoms with Crippen LogP contribution in [0.4, 0.5) is 0 Å². The van der Waals surface area contributed by atoms with Crippen molar-refractivity contribution in [3.05, 3.63) is 54.0 Å². The molecule has 1 atom stereocenters. The Kier molecular flexibility index (Phi) is 5.96. The number of likely N-dealkylation sites (tertiary alicyclic amines) is 1. The number of benzene rings is 1. The van der Waals surface area contributed by atoms with Crippen LogP contribution < -0.4 is 4.74 Å². The second-order valence-corrected chi connectivity index (χ2v) is 10.2. The van der Waals surface area contributed by atoms with Gasteiger partial charge in [-0.15, -0.1) is 0 Å². The van der Waals surface area contributed by atoms with Crippen molar-refractivity contribution in [2.75, 3.05) is 26.8 Å². The van der Waals surface area contributed by atoms with Gasteiger partial charge in [0.05, 0.1) is 12.5 Å². The second kappa shape index (κ2) is 9.26. The Hall–Kier alpha value is -2.93. The predicted octanol–water partition coefficient (Wildman–Crippen LogP) is 4.97. The van der Waals surface area contributed by atoms with Crippen LogP contribution in [0, 0.1) is 0 Å². The highest BCUT2D eigenvalue weighted by Gasteiger charge is 2.45. The molecule has 7 nitrogen and oxygen atoms in total.